The van der Waals surface area contributed by atoms with Gasteiger partial charge in [-0.3, -0.25) is 9.36 Å². The molecule has 0 bridgehead atoms. The highest BCUT2D eigenvalue weighted by molar-refractivity contribution is 5.93. The number of benzene rings is 1. The number of pyridine rings is 1. The number of carbonyl (C=O) groups excluding carboxylic acids is 1. The van der Waals surface area contributed by atoms with E-state index < -0.39 is 0 Å². The van der Waals surface area contributed by atoms with Crippen molar-refractivity contribution in [2.75, 3.05) is 6.54 Å². The molecule has 1 amide bonds. The second kappa shape index (κ2) is 6.83. The third kappa shape index (κ3) is 3.60. The van der Waals surface area contributed by atoms with Crippen LogP contribution in [0.25, 0.3) is 5.82 Å². The zero-order chi connectivity index (χ0) is 16.1. The van der Waals surface area contributed by atoms with Crippen LogP contribution in [0.3, 0.4) is 0 Å². The number of amides is 1. The van der Waals surface area contributed by atoms with Crippen LogP contribution in [0.5, 0.6) is 0 Å². The number of aromatic nitrogens is 3. The Labute approximate surface area is 132 Å². The molecule has 2 heterocycles. The van der Waals surface area contributed by atoms with Crippen molar-refractivity contribution in [1.29, 1.82) is 0 Å². The van der Waals surface area contributed by atoms with Gasteiger partial charge in [-0.2, -0.15) is 0 Å². The van der Waals surface area contributed by atoms with E-state index in [2.05, 4.69) is 15.3 Å². The fourth-order valence-corrected chi connectivity index (χ4v) is 2.18. The molecule has 1 N–H and O–H groups in total. The molecule has 5 nitrogen and oxygen atoms in total. The molecule has 0 atom stereocenters. The number of imidazole rings is 1. The molecule has 0 saturated heterocycles. The molecular weight excluding hydrogens is 295 g/mol. The Morgan fingerprint density at radius 1 is 1.22 bits per heavy atom. The van der Waals surface area contributed by atoms with Crippen LogP contribution in [-0.4, -0.2) is 27.0 Å². The lowest BCUT2D eigenvalue weighted by Crippen LogP contribution is -2.26. The molecule has 6 heteroatoms. The van der Waals surface area contributed by atoms with Crippen molar-refractivity contribution in [3.8, 4) is 5.82 Å². The second-order valence-corrected chi connectivity index (χ2v) is 4.97. The first-order valence-electron chi connectivity index (χ1n) is 7.20. The quantitative estimate of drug-likeness (QED) is 0.787. The van der Waals surface area contributed by atoms with E-state index in [1.165, 1.54) is 12.3 Å². The van der Waals surface area contributed by atoms with Crippen molar-refractivity contribution >= 4 is 5.91 Å². The molecule has 3 aromatic rings. The molecule has 0 saturated carbocycles. The second-order valence-electron chi connectivity index (χ2n) is 4.97. The van der Waals surface area contributed by atoms with Crippen LogP contribution < -0.4 is 5.32 Å². The number of carbonyl (C=O) groups is 1. The standard InChI is InChI=1S/C17H15FN4O/c18-15-4-2-1-3-13(15)7-8-20-17(23)14-5-6-16(21-11-14)22-10-9-19-12-22/h1-6,9-12H,7-8H2,(H,20,23). The van der Waals surface area contributed by atoms with E-state index in [0.717, 1.165) is 0 Å². The maximum atomic E-state index is 13.5. The summed E-state index contributed by atoms with van der Waals surface area (Å²) in [6, 6.07) is 9.98. The van der Waals surface area contributed by atoms with Gasteiger partial charge in [-0.15, -0.1) is 0 Å². The largest absolute Gasteiger partial charge is 0.352 e. The van der Waals surface area contributed by atoms with Gasteiger partial charge >= 0.3 is 0 Å². The molecule has 0 spiro atoms. The Morgan fingerprint density at radius 3 is 2.78 bits per heavy atom. The summed E-state index contributed by atoms with van der Waals surface area (Å²) in [5, 5.41) is 2.76. The molecule has 1 aromatic carbocycles. The molecule has 2 aromatic heterocycles. The summed E-state index contributed by atoms with van der Waals surface area (Å²) in [5.74, 6) is 0.199. The van der Waals surface area contributed by atoms with Crippen LogP contribution in [0.4, 0.5) is 4.39 Å². The van der Waals surface area contributed by atoms with Crippen LogP contribution >= 0.6 is 0 Å². The first-order valence-corrected chi connectivity index (χ1v) is 7.20. The Hall–Kier alpha value is -3.02. The van der Waals surface area contributed by atoms with E-state index in [-0.39, 0.29) is 11.7 Å². The molecule has 0 aliphatic heterocycles. The molecule has 116 valence electrons. The maximum Gasteiger partial charge on any atom is 0.252 e. The highest BCUT2D eigenvalue weighted by Crippen LogP contribution is 2.07. The van der Waals surface area contributed by atoms with Gasteiger partial charge in [-0.1, -0.05) is 18.2 Å². The van der Waals surface area contributed by atoms with Crippen molar-refractivity contribution in [3.05, 3.63) is 78.3 Å². The average molecular weight is 310 g/mol. The molecule has 0 fully saturated rings. The fourth-order valence-electron chi connectivity index (χ4n) is 2.18. The summed E-state index contributed by atoms with van der Waals surface area (Å²) in [5.41, 5.74) is 1.05. The van der Waals surface area contributed by atoms with Gasteiger partial charge in [0.1, 0.15) is 18.0 Å². The summed E-state index contributed by atoms with van der Waals surface area (Å²) < 4.78 is 15.2. The molecular formula is C17H15FN4O. The van der Waals surface area contributed by atoms with E-state index in [4.69, 9.17) is 0 Å². The topological polar surface area (TPSA) is 59.8 Å². The number of halogens is 1. The van der Waals surface area contributed by atoms with Gasteiger partial charge in [-0.05, 0) is 30.2 Å². The van der Waals surface area contributed by atoms with Crippen molar-refractivity contribution < 1.29 is 9.18 Å². The van der Waals surface area contributed by atoms with Crippen molar-refractivity contribution in [2.24, 2.45) is 0 Å². The predicted molar refractivity (Wildman–Crippen MR) is 83.8 cm³/mol. The predicted octanol–water partition coefficient (Wildman–Crippen LogP) is 2.38. The average Bonchev–Trinajstić information content (AvgIpc) is 3.11. The van der Waals surface area contributed by atoms with Crippen molar-refractivity contribution in [1.82, 2.24) is 19.9 Å². The van der Waals surface area contributed by atoms with Gasteiger partial charge in [0, 0.05) is 25.1 Å². The minimum atomic E-state index is -0.256. The van der Waals surface area contributed by atoms with E-state index in [1.54, 1.807) is 53.6 Å². The number of hydrogen-bond donors (Lipinski definition) is 1. The van der Waals surface area contributed by atoms with Crippen LogP contribution in [0.2, 0.25) is 0 Å². The third-order valence-corrected chi connectivity index (χ3v) is 3.42. The molecule has 0 aliphatic rings. The van der Waals surface area contributed by atoms with Crippen LogP contribution in [-0.2, 0) is 6.42 Å². The van der Waals surface area contributed by atoms with Gasteiger partial charge in [0.05, 0.1) is 5.56 Å². The number of rotatable bonds is 5. The van der Waals surface area contributed by atoms with Crippen LogP contribution in [0.1, 0.15) is 15.9 Å². The van der Waals surface area contributed by atoms with Crippen molar-refractivity contribution in [3.63, 3.8) is 0 Å². The summed E-state index contributed by atoms with van der Waals surface area (Å²) in [4.78, 5) is 20.2. The molecule has 23 heavy (non-hydrogen) atoms. The lowest BCUT2D eigenvalue weighted by Gasteiger charge is -2.07. The van der Waals surface area contributed by atoms with Gasteiger partial charge in [0.25, 0.3) is 5.91 Å². The summed E-state index contributed by atoms with van der Waals surface area (Å²) in [6.45, 7) is 0.364. The summed E-state index contributed by atoms with van der Waals surface area (Å²) in [7, 11) is 0. The number of hydrogen-bond acceptors (Lipinski definition) is 3. The normalized spacial score (nSPS) is 10.5. The van der Waals surface area contributed by atoms with Crippen LogP contribution in [0.15, 0.2) is 61.3 Å². The van der Waals surface area contributed by atoms with E-state index >= 15 is 0 Å². The first kappa shape index (κ1) is 14.9. The van der Waals surface area contributed by atoms with Gasteiger partial charge in [0.15, 0.2) is 0 Å². The smallest absolute Gasteiger partial charge is 0.252 e. The van der Waals surface area contributed by atoms with E-state index in [9.17, 15) is 9.18 Å². The van der Waals surface area contributed by atoms with Gasteiger partial charge in [0.2, 0.25) is 0 Å². The molecule has 0 radical (unpaired) electrons. The SMILES string of the molecule is O=C(NCCc1ccccc1F)c1ccc(-n2ccnc2)nc1. The Bertz CT molecular complexity index is 785. The summed E-state index contributed by atoms with van der Waals surface area (Å²) in [6.07, 6.45) is 7.02. The first-order chi connectivity index (χ1) is 11.2. The minimum Gasteiger partial charge on any atom is -0.352 e. The number of nitrogens with one attached hydrogen (secondary N) is 1. The lowest BCUT2D eigenvalue weighted by molar-refractivity contribution is 0.0953. The zero-order valence-electron chi connectivity index (χ0n) is 12.3. The Kier molecular flexibility index (Phi) is 4.42. The van der Waals surface area contributed by atoms with E-state index in [1.807, 2.05) is 0 Å². The maximum absolute atomic E-state index is 13.5. The monoisotopic (exact) mass is 310 g/mol. The fraction of sp³-hybridized carbons (Fsp3) is 0.118. The number of nitrogens with zero attached hydrogens (tertiary/aromatic N) is 3. The lowest BCUT2D eigenvalue weighted by atomic mass is 10.1. The molecule has 0 aliphatic carbocycles. The third-order valence-electron chi connectivity index (χ3n) is 3.42. The Balaban J connectivity index is 1.57. The summed E-state index contributed by atoms with van der Waals surface area (Å²) >= 11 is 0. The van der Waals surface area contributed by atoms with Crippen molar-refractivity contribution in [2.45, 2.75) is 6.42 Å². The molecule has 0 unspecified atom stereocenters. The van der Waals surface area contributed by atoms with Gasteiger partial charge < -0.3 is 5.32 Å². The highest BCUT2D eigenvalue weighted by atomic mass is 19.1. The molecule has 3 rings (SSSR count). The Morgan fingerprint density at radius 2 is 2.09 bits per heavy atom. The highest BCUT2D eigenvalue weighted by Gasteiger charge is 2.07. The van der Waals surface area contributed by atoms with E-state index in [0.29, 0.717) is 29.9 Å². The van der Waals surface area contributed by atoms with Gasteiger partial charge in [-0.25, -0.2) is 14.4 Å². The van der Waals surface area contributed by atoms with Crippen LogP contribution in [0, 0.1) is 5.82 Å². The zero-order valence-corrected chi connectivity index (χ0v) is 12.3. The minimum absolute atomic E-state index is 0.231.